The Morgan fingerprint density at radius 1 is 1.32 bits per heavy atom. The van der Waals surface area contributed by atoms with Crippen LogP contribution >= 0.6 is 15.9 Å². The maximum atomic E-state index is 13.0. The molecule has 2 aromatic rings. The van der Waals surface area contributed by atoms with Crippen molar-refractivity contribution >= 4 is 41.8 Å². The fourth-order valence-corrected chi connectivity index (χ4v) is 4.34. The van der Waals surface area contributed by atoms with E-state index in [4.69, 9.17) is 9.36 Å². The lowest BCUT2D eigenvalue weighted by atomic mass is 10.1. The molecule has 25 heavy (non-hydrogen) atoms. The summed E-state index contributed by atoms with van der Waals surface area (Å²) in [5, 5.41) is 7.01. The topological polar surface area (TPSA) is 81.8 Å². The van der Waals surface area contributed by atoms with E-state index in [1.165, 1.54) is 0 Å². The van der Waals surface area contributed by atoms with Gasteiger partial charge in [0.2, 0.25) is 9.84 Å². The summed E-state index contributed by atoms with van der Waals surface area (Å²) in [4.78, 5) is 5.04. The molecule has 1 aliphatic rings. The summed E-state index contributed by atoms with van der Waals surface area (Å²) in [6.45, 7) is 3.36. The van der Waals surface area contributed by atoms with Crippen molar-refractivity contribution in [3.63, 3.8) is 0 Å². The lowest BCUT2D eigenvalue weighted by Gasteiger charge is -2.13. The van der Waals surface area contributed by atoms with Crippen LogP contribution in [0.4, 0.5) is 13.2 Å². The summed E-state index contributed by atoms with van der Waals surface area (Å²) in [7, 11) is -3.90. The molecule has 0 saturated carbocycles. The van der Waals surface area contributed by atoms with Crippen LogP contribution in [0.25, 0.3) is 11.0 Å². The van der Waals surface area contributed by atoms with Crippen molar-refractivity contribution in [1.82, 2.24) is 5.16 Å². The van der Waals surface area contributed by atoms with Gasteiger partial charge >= 0.3 is 6.18 Å². The van der Waals surface area contributed by atoms with Gasteiger partial charge in [-0.2, -0.15) is 13.2 Å². The van der Waals surface area contributed by atoms with Crippen molar-refractivity contribution in [3.8, 4) is 0 Å². The Morgan fingerprint density at radius 2 is 2.00 bits per heavy atom. The summed E-state index contributed by atoms with van der Waals surface area (Å²) in [5.74, 6) is -0.633. The number of oxime groups is 1. The van der Waals surface area contributed by atoms with E-state index in [0.717, 1.165) is 12.1 Å². The molecule has 11 heteroatoms. The highest BCUT2D eigenvalue weighted by Gasteiger charge is 2.37. The number of nitrogens with zero attached hydrogens (tertiary/aromatic N) is 2. The van der Waals surface area contributed by atoms with Gasteiger partial charge in [0.15, 0.2) is 10.6 Å². The van der Waals surface area contributed by atoms with Crippen molar-refractivity contribution in [1.29, 1.82) is 0 Å². The van der Waals surface area contributed by atoms with Gasteiger partial charge in [0.05, 0.1) is 10.0 Å². The number of rotatable bonds is 2. The molecular formula is C14H12BrF3N2O4S. The summed E-state index contributed by atoms with van der Waals surface area (Å²) in [5.41, 5.74) is -1.76. The summed E-state index contributed by atoms with van der Waals surface area (Å²) < 4.78 is 68.9. The van der Waals surface area contributed by atoms with Crippen molar-refractivity contribution < 1.29 is 30.9 Å². The largest absolute Gasteiger partial charge is 0.416 e. The Kier molecular flexibility index (Phi) is 4.14. The van der Waals surface area contributed by atoms with E-state index in [0.29, 0.717) is 0 Å². The zero-order valence-corrected chi connectivity index (χ0v) is 15.4. The van der Waals surface area contributed by atoms with Crippen LogP contribution in [0.1, 0.15) is 31.5 Å². The molecule has 1 aliphatic heterocycles. The molecule has 6 nitrogen and oxygen atoms in total. The van der Waals surface area contributed by atoms with E-state index < -0.39 is 32.9 Å². The number of hydrogen-bond acceptors (Lipinski definition) is 6. The van der Waals surface area contributed by atoms with Gasteiger partial charge in [-0.15, -0.1) is 0 Å². The van der Waals surface area contributed by atoms with E-state index in [9.17, 15) is 21.6 Å². The molecule has 0 amide bonds. The van der Waals surface area contributed by atoms with Crippen molar-refractivity contribution in [2.45, 2.75) is 37.8 Å². The molecule has 0 N–H and O–H groups in total. The minimum absolute atomic E-state index is 0.0240. The van der Waals surface area contributed by atoms with Crippen molar-refractivity contribution in [2.75, 3.05) is 0 Å². The molecule has 2 heterocycles. The third-order valence-electron chi connectivity index (χ3n) is 3.59. The van der Waals surface area contributed by atoms with Gasteiger partial charge in [0.25, 0.3) is 0 Å². The molecule has 0 aliphatic carbocycles. The first-order valence-corrected chi connectivity index (χ1v) is 9.46. The monoisotopic (exact) mass is 440 g/mol. The molecule has 1 aromatic carbocycles. The first kappa shape index (κ1) is 18.2. The third kappa shape index (κ3) is 3.52. The Bertz CT molecular complexity index is 980. The molecule has 3 rings (SSSR count). The van der Waals surface area contributed by atoms with Gasteiger partial charge in [-0.3, -0.25) is 0 Å². The highest BCUT2D eigenvalue weighted by molar-refractivity contribution is 9.10. The SMILES string of the molecule is CC1(C)CC(S(=O)(=O)Cc2noc3c(Br)cc(C(F)(F)F)cc23)=NO1. The zero-order chi connectivity index (χ0) is 18.6. The van der Waals surface area contributed by atoms with Gasteiger partial charge in [0.1, 0.15) is 17.0 Å². The van der Waals surface area contributed by atoms with E-state index in [1.54, 1.807) is 13.8 Å². The number of fused-ring (bicyclic) bond motifs is 1. The molecular weight excluding hydrogens is 429 g/mol. The Hall–Kier alpha value is -1.62. The third-order valence-corrected chi connectivity index (χ3v) is 5.77. The number of hydrogen-bond donors (Lipinski definition) is 0. The predicted octanol–water partition coefficient (Wildman–Crippen LogP) is 4.04. The van der Waals surface area contributed by atoms with E-state index in [-0.39, 0.29) is 32.6 Å². The van der Waals surface area contributed by atoms with Crippen LogP contribution in [0.5, 0.6) is 0 Å². The fraction of sp³-hybridized carbons (Fsp3) is 0.429. The van der Waals surface area contributed by atoms with Crippen LogP contribution < -0.4 is 0 Å². The first-order chi connectivity index (χ1) is 11.4. The fourth-order valence-electron chi connectivity index (χ4n) is 2.35. The quantitative estimate of drug-likeness (QED) is 0.703. The van der Waals surface area contributed by atoms with Crippen LogP contribution in [0, 0.1) is 0 Å². The average molecular weight is 441 g/mol. The number of benzene rings is 1. The molecule has 0 bridgehead atoms. The van der Waals surface area contributed by atoms with E-state index >= 15 is 0 Å². The highest BCUT2D eigenvalue weighted by Crippen LogP contribution is 2.37. The van der Waals surface area contributed by atoms with Crippen molar-refractivity contribution in [3.05, 3.63) is 27.9 Å². The van der Waals surface area contributed by atoms with Crippen LogP contribution in [-0.2, 0) is 26.6 Å². The Balaban J connectivity index is 2.01. The number of aromatic nitrogens is 1. The zero-order valence-electron chi connectivity index (χ0n) is 13.0. The second-order valence-electron chi connectivity index (χ2n) is 6.23. The molecule has 0 atom stereocenters. The van der Waals surface area contributed by atoms with E-state index in [1.807, 2.05) is 0 Å². The van der Waals surface area contributed by atoms with Gasteiger partial charge in [-0.05, 0) is 41.9 Å². The number of alkyl halides is 3. The maximum absolute atomic E-state index is 13.0. The van der Waals surface area contributed by atoms with Gasteiger partial charge < -0.3 is 9.36 Å². The second-order valence-corrected chi connectivity index (χ2v) is 9.08. The lowest BCUT2D eigenvalue weighted by Crippen LogP contribution is -2.23. The van der Waals surface area contributed by atoms with Crippen LogP contribution in [0.15, 0.2) is 26.3 Å². The minimum atomic E-state index is -4.59. The maximum Gasteiger partial charge on any atom is 0.416 e. The van der Waals surface area contributed by atoms with Crippen LogP contribution in [0.3, 0.4) is 0 Å². The molecule has 0 unspecified atom stereocenters. The van der Waals surface area contributed by atoms with Crippen LogP contribution in [0.2, 0.25) is 0 Å². The smallest absolute Gasteiger partial charge is 0.389 e. The Morgan fingerprint density at radius 3 is 2.56 bits per heavy atom. The minimum Gasteiger partial charge on any atom is -0.389 e. The van der Waals surface area contributed by atoms with Gasteiger partial charge in [-0.25, -0.2) is 8.42 Å². The average Bonchev–Trinajstić information content (AvgIpc) is 3.02. The predicted molar refractivity (Wildman–Crippen MR) is 86.6 cm³/mol. The summed E-state index contributed by atoms with van der Waals surface area (Å²) in [6.07, 6.45) is -4.51. The van der Waals surface area contributed by atoms with Gasteiger partial charge in [-0.1, -0.05) is 10.3 Å². The van der Waals surface area contributed by atoms with Crippen molar-refractivity contribution in [2.24, 2.45) is 5.16 Å². The number of sulfone groups is 1. The molecule has 0 radical (unpaired) electrons. The molecule has 0 spiro atoms. The normalized spacial score (nSPS) is 17.6. The second kappa shape index (κ2) is 5.70. The molecule has 0 saturated heterocycles. The van der Waals surface area contributed by atoms with Gasteiger partial charge in [0, 0.05) is 11.8 Å². The molecule has 0 fully saturated rings. The first-order valence-electron chi connectivity index (χ1n) is 7.02. The standard InChI is InChI=1S/C14H12BrF3N2O4S/c1-13(2)5-11(20-24-13)25(21,22)6-10-8-3-7(14(16,17)18)4-9(15)12(8)23-19-10/h3-4H,5-6H2,1-2H3. The summed E-state index contributed by atoms with van der Waals surface area (Å²) in [6, 6.07) is 1.67. The summed E-state index contributed by atoms with van der Waals surface area (Å²) >= 11 is 2.99. The number of halogens is 4. The lowest BCUT2D eigenvalue weighted by molar-refractivity contribution is -0.137. The molecule has 136 valence electrons. The van der Waals surface area contributed by atoms with Crippen LogP contribution in [-0.4, -0.2) is 24.2 Å². The Labute approximate surface area is 149 Å². The molecule has 1 aromatic heterocycles. The van der Waals surface area contributed by atoms with E-state index in [2.05, 4.69) is 26.2 Å². The highest BCUT2D eigenvalue weighted by atomic mass is 79.9.